The Morgan fingerprint density at radius 1 is 1.19 bits per heavy atom. The number of halogens is 1. The van der Waals surface area contributed by atoms with Gasteiger partial charge in [0.15, 0.2) is 0 Å². The van der Waals surface area contributed by atoms with Crippen molar-refractivity contribution in [2.75, 3.05) is 5.32 Å². The lowest BCUT2D eigenvalue weighted by Crippen LogP contribution is -2.18. The van der Waals surface area contributed by atoms with Crippen molar-refractivity contribution in [2.45, 2.75) is 38.5 Å². The van der Waals surface area contributed by atoms with Crippen molar-refractivity contribution in [1.82, 2.24) is 0 Å². The van der Waals surface area contributed by atoms with Crippen LogP contribution >= 0.6 is 22.9 Å². The zero-order valence-electron chi connectivity index (χ0n) is 14.4. The number of nitrogens with two attached hydrogens (primary N) is 1. The van der Waals surface area contributed by atoms with Crippen LogP contribution in [0.15, 0.2) is 18.2 Å². The Bertz CT molecular complexity index is 926. The summed E-state index contributed by atoms with van der Waals surface area (Å²) in [6, 6.07) is 3.63. The van der Waals surface area contributed by atoms with Crippen LogP contribution < -0.4 is 11.1 Å². The maximum Gasteiger partial charge on any atom is 0.270 e. The van der Waals surface area contributed by atoms with Crippen LogP contribution in [0.5, 0.6) is 0 Å². The molecule has 1 aliphatic rings. The highest BCUT2D eigenvalue weighted by Gasteiger charge is 2.25. The van der Waals surface area contributed by atoms with Crippen LogP contribution in [0, 0.1) is 10.1 Å². The number of fused-ring (bicyclic) bond motifs is 1. The first kappa shape index (κ1) is 19.3. The van der Waals surface area contributed by atoms with E-state index in [1.807, 2.05) is 0 Å². The van der Waals surface area contributed by atoms with Crippen molar-refractivity contribution in [3.05, 3.63) is 54.9 Å². The first-order chi connectivity index (χ1) is 12.9. The van der Waals surface area contributed by atoms with E-state index in [0.29, 0.717) is 10.6 Å². The van der Waals surface area contributed by atoms with E-state index in [-0.39, 0.29) is 16.3 Å². The molecule has 0 atom stereocenters. The lowest BCUT2D eigenvalue weighted by Gasteiger charge is -2.10. The Morgan fingerprint density at radius 3 is 2.52 bits per heavy atom. The average Bonchev–Trinajstić information content (AvgIpc) is 2.91. The van der Waals surface area contributed by atoms with Gasteiger partial charge in [-0.15, -0.1) is 11.3 Å². The number of carbonyl (C=O) groups is 2. The van der Waals surface area contributed by atoms with Crippen LogP contribution in [0.1, 0.15) is 56.8 Å². The third kappa shape index (κ3) is 4.12. The number of anilines is 1. The summed E-state index contributed by atoms with van der Waals surface area (Å²) in [7, 11) is 0. The molecule has 0 saturated carbocycles. The molecular weight excluding hydrogens is 390 g/mol. The van der Waals surface area contributed by atoms with E-state index in [4.69, 9.17) is 17.3 Å². The van der Waals surface area contributed by atoms with Crippen molar-refractivity contribution < 1.29 is 14.5 Å². The molecule has 27 heavy (non-hydrogen) atoms. The second-order valence-corrected chi connectivity index (χ2v) is 7.87. The summed E-state index contributed by atoms with van der Waals surface area (Å²) < 4.78 is 0. The van der Waals surface area contributed by atoms with E-state index in [2.05, 4.69) is 5.32 Å². The number of nitrogens with zero attached hydrogens (tertiary/aromatic N) is 1. The van der Waals surface area contributed by atoms with Gasteiger partial charge in [0.2, 0.25) is 0 Å². The van der Waals surface area contributed by atoms with Gasteiger partial charge in [0, 0.05) is 17.0 Å². The van der Waals surface area contributed by atoms with Crippen molar-refractivity contribution >= 4 is 45.4 Å². The molecule has 1 aromatic carbocycles. The van der Waals surface area contributed by atoms with Crippen LogP contribution in [0.25, 0.3) is 0 Å². The number of benzene rings is 1. The number of nitrogens with one attached hydrogen (secondary N) is 1. The first-order valence-electron chi connectivity index (χ1n) is 8.58. The molecule has 0 bridgehead atoms. The number of primary amides is 1. The highest BCUT2D eigenvalue weighted by Crippen LogP contribution is 2.37. The summed E-state index contributed by atoms with van der Waals surface area (Å²) >= 11 is 7.39. The number of hydrogen-bond donors (Lipinski definition) is 2. The predicted molar refractivity (Wildman–Crippen MR) is 105 cm³/mol. The summed E-state index contributed by atoms with van der Waals surface area (Å²) in [6.07, 6.45) is 5.88. The van der Waals surface area contributed by atoms with Crippen molar-refractivity contribution in [3.63, 3.8) is 0 Å². The van der Waals surface area contributed by atoms with Crippen molar-refractivity contribution in [3.8, 4) is 0 Å². The van der Waals surface area contributed by atoms with E-state index < -0.39 is 16.7 Å². The smallest absolute Gasteiger partial charge is 0.270 e. The lowest BCUT2D eigenvalue weighted by atomic mass is 9.96. The van der Waals surface area contributed by atoms with Crippen LogP contribution in [0.2, 0.25) is 5.02 Å². The number of non-ortho nitro benzene ring substituents is 1. The van der Waals surface area contributed by atoms with Gasteiger partial charge in [-0.05, 0) is 37.3 Å². The number of hydrogen-bond acceptors (Lipinski definition) is 5. The van der Waals surface area contributed by atoms with Gasteiger partial charge in [-0.3, -0.25) is 19.7 Å². The van der Waals surface area contributed by atoms with E-state index in [0.717, 1.165) is 55.0 Å². The van der Waals surface area contributed by atoms with Crippen LogP contribution in [-0.4, -0.2) is 16.7 Å². The molecule has 0 saturated heterocycles. The average molecular weight is 408 g/mol. The quantitative estimate of drug-likeness (QED) is 0.579. The fourth-order valence-electron chi connectivity index (χ4n) is 3.24. The molecule has 0 spiro atoms. The van der Waals surface area contributed by atoms with Crippen molar-refractivity contribution in [2.24, 2.45) is 5.73 Å². The zero-order valence-corrected chi connectivity index (χ0v) is 16.0. The maximum atomic E-state index is 12.6. The molecule has 1 heterocycles. The molecular formula is C18H18ClN3O4S. The monoisotopic (exact) mass is 407 g/mol. The summed E-state index contributed by atoms with van der Waals surface area (Å²) in [5, 5.41) is 13.9. The number of carbonyl (C=O) groups excluding carboxylic acids is 2. The van der Waals surface area contributed by atoms with Crippen LogP contribution in [0.4, 0.5) is 10.7 Å². The van der Waals surface area contributed by atoms with Crippen molar-refractivity contribution in [1.29, 1.82) is 0 Å². The second-order valence-electron chi connectivity index (χ2n) is 6.36. The molecule has 142 valence electrons. The minimum atomic E-state index is -0.585. The molecule has 7 nitrogen and oxygen atoms in total. The fourth-order valence-corrected chi connectivity index (χ4v) is 4.79. The Balaban J connectivity index is 1.93. The molecule has 0 radical (unpaired) electrons. The third-order valence-corrected chi connectivity index (χ3v) is 6.07. The molecule has 2 aromatic rings. The van der Waals surface area contributed by atoms with E-state index in [1.54, 1.807) is 0 Å². The lowest BCUT2D eigenvalue weighted by molar-refractivity contribution is -0.384. The van der Waals surface area contributed by atoms with Gasteiger partial charge in [0.25, 0.3) is 17.5 Å². The van der Waals surface area contributed by atoms with E-state index in [9.17, 15) is 19.7 Å². The molecule has 9 heteroatoms. The number of nitro groups is 1. The fraction of sp³-hybridized carbons (Fsp3) is 0.333. The molecule has 0 fully saturated rings. The summed E-state index contributed by atoms with van der Waals surface area (Å²) in [6.45, 7) is 0. The molecule has 0 unspecified atom stereocenters. The van der Waals surface area contributed by atoms with Gasteiger partial charge in [-0.25, -0.2) is 0 Å². The minimum absolute atomic E-state index is 0.0303. The van der Waals surface area contributed by atoms with Gasteiger partial charge >= 0.3 is 0 Å². The SMILES string of the molecule is NC(=O)c1c(NC(=O)c2ccc([N+](=O)[O-])cc2Cl)sc2c1CCCCCC2. The highest BCUT2D eigenvalue weighted by atomic mass is 35.5. The topological polar surface area (TPSA) is 115 Å². The Hall–Kier alpha value is -2.45. The highest BCUT2D eigenvalue weighted by molar-refractivity contribution is 7.17. The van der Waals surface area contributed by atoms with Gasteiger partial charge in [-0.2, -0.15) is 0 Å². The minimum Gasteiger partial charge on any atom is -0.365 e. The molecule has 3 rings (SSSR count). The number of rotatable bonds is 4. The standard InChI is InChI=1S/C18H18ClN3O4S/c19-13-9-10(22(25)26)7-8-11(13)17(24)21-18-15(16(20)23)12-5-3-1-2-4-6-14(12)27-18/h7-9H,1-6H2,(H2,20,23)(H,21,24). The van der Waals surface area contributed by atoms with Gasteiger partial charge < -0.3 is 11.1 Å². The second kappa shape index (κ2) is 8.06. The number of aryl methyl sites for hydroxylation is 1. The van der Waals surface area contributed by atoms with Gasteiger partial charge in [-0.1, -0.05) is 24.4 Å². The first-order valence-corrected chi connectivity index (χ1v) is 9.77. The van der Waals surface area contributed by atoms with Gasteiger partial charge in [0.1, 0.15) is 5.00 Å². The third-order valence-electron chi connectivity index (χ3n) is 4.55. The molecule has 1 aliphatic carbocycles. The summed E-state index contributed by atoms with van der Waals surface area (Å²) in [5.41, 5.74) is 6.77. The Kier molecular flexibility index (Phi) is 5.76. The van der Waals surface area contributed by atoms with Crippen LogP contribution in [-0.2, 0) is 12.8 Å². The predicted octanol–water partition coefficient (Wildman–Crippen LogP) is 4.32. The molecule has 0 aliphatic heterocycles. The zero-order chi connectivity index (χ0) is 19.6. The normalized spacial score (nSPS) is 14.0. The number of amides is 2. The van der Waals surface area contributed by atoms with E-state index in [1.165, 1.54) is 23.5 Å². The maximum absolute atomic E-state index is 12.6. The Morgan fingerprint density at radius 2 is 1.89 bits per heavy atom. The number of thiophene rings is 1. The van der Waals surface area contributed by atoms with E-state index >= 15 is 0 Å². The number of nitro benzene ring substituents is 1. The van der Waals surface area contributed by atoms with Crippen LogP contribution in [0.3, 0.4) is 0 Å². The molecule has 2 amide bonds. The molecule has 3 N–H and O–H groups in total. The molecule has 1 aromatic heterocycles. The Labute approximate surface area is 164 Å². The summed E-state index contributed by atoms with van der Waals surface area (Å²) in [4.78, 5) is 36.0. The summed E-state index contributed by atoms with van der Waals surface area (Å²) in [5.74, 6) is -1.11. The largest absolute Gasteiger partial charge is 0.365 e. The van der Waals surface area contributed by atoms with Gasteiger partial charge in [0.05, 0.1) is 21.1 Å².